The van der Waals surface area contributed by atoms with Gasteiger partial charge in [0.05, 0.1) is 17.3 Å². The number of benzene rings is 2. The van der Waals surface area contributed by atoms with Crippen LogP contribution in [0, 0.1) is 25.5 Å². The summed E-state index contributed by atoms with van der Waals surface area (Å²) in [4.78, 5) is 10.2. The normalized spacial score (nSPS) is 12.3. The second-order valence-electron chi connectivity index (χ2n) is 7.43. The van der Waals surface area contributed by atoms with Crippen molar-refractivity contribution in [3.05, 3.63) is 94.9 Å². The van der Waals surface area contributed by atoms with Crippen LogP contribution >= 0.6 is 0 Å². The van der Waals surface area contributed by atoms with Gasteiger partial charge in [0.25, 0.3) is 0 Å². The molecule has 1 unspecified atom stereocenters. The summed E-state index contributed by atoms with van der Waals surface area (Å²) in [5, 5.41) is 1.13. The number of nitrogens with zero attached hydrogens (tertiary/aromatic N) is 2. The van der Waals surface area contributed by atoms with Gasteiger partial charge in [-0.15, -0.1) is 0 Å². The van der Waals surface area contributed by atoms with Gasteiger partial charge in [-0.3, -0.25) is 4.98 Å². The first kappa shape index (κ1) is 19.1. The molecule has 4 rings (SSSR count). The number of anilines is 1. The van der Waals surface area contributed by atoms with Crippen molar-refractivity contribution < 1.29 is 8.78 Å². The van der Waals surface area contributed by atoms with E-state index in [1.807, 2.05) is 32.3 Å². The lowest BCUT2D eigenvalue weighted by molar-refractivity contribution is 0.613. The number of hydrogen-bond donors (Lipinski definition) is 1. The predicted molar refractivity (Wildman–Crippen MR) is 113 cm³/mol. The Labute approximate surface area is 169 Å². The molecular weight excluding hydrogens is 368 g/mol. The summed E-state index contributed by atoms with van der Waals surface area (Å²) in [6.45, 7) is 4.13. The standard InChI is InChI=1S/C24H23F2N3/c1-15-16(2)28-23-21(15)11-12-27-24(23)22(14-17-5-4-6-19(26)13-17)29(3)20-9-7-18(25)8-10-20/h4-13,22,28H,14H2,1-3H3. The first-order valence-corrected chi connectivity index (χ1v) is 9.60. The number of H-pyrrole nitrogens is 1. The average Bonchev–Trinajstić information content (AvgIpc) is 3.01. The second kappa shape index (κ2) is 7.66. The van der Waals surface area contributed by atoms with Crippen LogP contribution in [-0.2, 0) is 6.42 Å². The Balaban J connectivity index is 1.84. The molecule has 0 saturated carbocycles. The number of aryl methyl sites for hydroxylation is 2. The van der Waals surface area contributed by atoms with Crippen LogP contribution in [-0.4, -0.2) is 17.0 Å². The number of rotatable bonds is 5. The molecular formula is C24H23F2N3. The Morgan fingerprint density at radius 2 is 1.76 bits per heavy atom. The number of aromatic amines is 1. The quantitative estimate of drug-likeness (QED) is 0.461. The maximum absolute atomic E-state index is 13.8. The largest absolute Gasteiger partial charge is 0.366 e. The smallest absolute Gasteiger partial charge is 0.123 e. The maximum Gasteiger partial charge on any atom is 0.123 e. The van der Waals surface area contributed by atoms with Crippen LogP contribution in [0.2, 0.25) is 0 Å². The molecule has 0 aliphatic carbocycles. The van der Waals surface area contributed by atoms with Crippen molar-refractivity contribution in [2.45, 2.75) is 26.3 Å². The number of aromatic nitrogens is 2. The van der Waals surface area contributed by atoms with E-state index >= 15 is 0 Å². The highest BCUT2D eigenvalue weighted by Gasteiger charge is 2.24. The van der Waals surface area contributed by atoms with Gasteiger partial charge in [-0.1, -0.05) is 12.1 Å². The molecule has 1 N–H and O–H groups in total. The first-order valence-electron chi connectivity index (χ1n) is 9.60. The molecule has 0 spiro atoms. The van der Waals surface area contributed by atoms with Crippen molar-refractivity contribution >= 4 is 16.6 Å². The fourth-order valence-corrected chi connectivity index (χ4v) is 3.82. The molecule has 0 radical (unpaired) electrons. The first-order chi connectivity index (χ1) is 13.9. The van der Waals surface area contributed by atoms with Crippen molar-refractivity contribution in [2.75, 3.05) is 11.9 Å². The summed E-state index contributed by atoms with van der Waals surface area (Å²) in [6.07, 6.45) is 2.38. The van der Waals surface area contributed by atoms with Gasteiger partial charge in [0.15, 0.2) is 0 Å². The zero-order valence-electron chi connectivity index (χ0n) is 16.7. The van der Waals surface area contributed by atoms with E-state index in [0.29, 0.717) is 6.42 Å². The van der Waals surface area contributed by atoms with Crippen LogP contribution in [0.3, 0.4) is 0 Å². The van der Waals surface area contributed by atoms with E-state index in [9.17, 15) is 8.78 Å². The minimum atomic E-state index is -0.278. The predicted octanol–water partition coefficient (Wildman–Crippen LogP) is 5.88. The average molecular weight is 391 g/mol. The molecule has 3 nitrogen and oxygen atoms in total. The van der Waals surface area contributed by atoms with Gasteiger partial charge in [0, 0.05) is 30.0 Å². The Kier molecular flexibility index (Phi) is 5.05. The molecule has 5 heteroatoms. The summed E-state index contributed by atoms with van der Waals surface area (Å²) in [6, 6.07) is 14.9. The number of pyridine rings is 1. The zero-order valence-corrected chi connectivity index (χ0v) is 16.7. The third-order valence-electron chi connectivity index (χ3n) is 5.59. The highest BCUT2D eigenvalue weighted by molar-refractivity contribution is 5.86. The Morgan fingerprint density at radius 1 is 1.00 bits per heavy atom. The fourth-order valence-electron chi connectivity index (χ4n) is 3.82. The molecule has 0 saturated heterocycles. The highest BCUT2D eigenvalue weighted by Crippen LogP contribution is 2.33. The molecule has 148 valence electrons. The summed E-state index contributed by atoms with van der Waals surface area (Å²) < 4.78 is 27.3. The van der Waals surface area contributed by atoms with Gasteiger partial charge >= 0.3 is 0 Å². The van der Waals surface area contributed by atoms with Gasteiger partial charge in [-0.2, -0.15) is 0 Å². The highest BCUT2D eigenvalue weighted by atomic mass is 19.1. The summed E-state index contributed by atoms with van der Waals surface area (Å²) in [5.41, 5.74) is 5.91. The summed E-state index contributed by atoms with van der Waals surface area (Å²) >= 11 is 0. The minimum Gasteiger partial charge on any atom is -0.366 e. The molecule has 0 bridgehead atoms. The van der Waals surface area contributed by atoms with E-state index in [1.165, 1.54) is 23.8 Å². The van der Waals surface area contributed by atoms with Crippen molar-refractivity contribution in [1.82, 2.24) is 9.97 Å². The van der Waals surface area contributed by atoms with Crippen LogP contribution in [0.25, 0.3) is 10.9 Å². The Bertz CT molecular complexity index is 1150. The van der Waals surface area contributed by atoms with Gasteiger partial charge in [-0.25, -0.2) is 8.78 Å². The third-order valence-corrected chi connectivity index (χ3v) is 5.59. The topological polar surface area (TPSA) is 31.9 Å². The van der Waals surface area contributed by atoms with Crippen molar-refractivity contribution in [1.29, 1.82) is 0 Å². The third kappa shape index (κ3) is 3.73. The minimum absolute atomic E-state index is 0.164. The van der Waals surface area contributed by atoms with E-state index in [2.05, 4.69) is 16.8 Å². The number of likely N-dealkylation sites (N-methyl/N-ethyl adjacent to an activating group) is 1. The monoisotopic (exact) mass is 391 g/mol. The number of nitrogens with one attached hydrogen (secondary N) is 1. The molecule has 0 aliphatic rings. The summed E-state index contributed by atoms with van der Waals surface area (Å²) in [5.74, 6) is -0.539. The molecule has 2 aromatic carbocycles. The lowest BCUT2D eigenvalue weighted by Crippen LogP contribution is -2.27. The number of hydrogen-bond acceptors (Lipinski definition) is 2. The van der Waals surface area contributed by atoms with E-state index in [-0.39, 0.29) is 17.7 Å². The number of halogens is 2. The van der Waals surface area contributed by atoms with Gasteiger partial charge in [0.1, 0.15) is 11.6 Å². The van der Waals surface area contributed by atoms with Gasteiger partial charge < -0.3 is 9.88 Å². The molecule has 2 heterocycles. The SMILES string of the molecule is Cc1[nH]c2c(C(Cc3cccc(F)c3)N(C)c3ccc(F)cc3)nccc2c1C. The lowest BCUT2D eigenvalue weighted by atomic mass is 9.99. The Hall–Kier alpha value is -3.21. The van der Waals surface area contributed by atoms with E-state index in [0.717, 1.165) is 33.5 Å². The van der Waals surface area contributed by atoms with E-state index < -0.39 is 0 Å². The molecule has 1 atom stereocenters. The van der Waals surface area contributed by atoms with Crippen molar-refractivity contribution in [3.8, 4) is 0 Å². The van der Waals surface area contributed by atoms with Crippen LogP contribution in [0.5, 0.6) is 0 Å². The molecule has 0 aliphatic heterocycles. The molecule has 4 aromatic rings. The second-order valence-corrected chi connectivity index (χ2v) is 7.43. The fraction of sp³-hybridized carbons (Fsp3) is 0.208. The molecule has 2 aromatic heterocycles. The molecule has 0 fully saturated rings. The molecule has 29 heavy (non-hydrogen) atoms. The number of fused-ring (bicyclic) bond motifs is 1. The summed E-state index contributed by atoms with van der Waals surface area (Å²) in [7, 11) is 1.96. The van der Waals surface area contributed by atoms with Crippen LogP contribution in [0.4, 0.5) is 14.5 Å². The van der Waals surface area contributed by atoms with Crippen LogP contribution in [0.1, 0.15) is 28.6 Å². The van der Waals surface area contributed by atoms with Crippen LogP contribution in [0.15, 0.2) is 60.8 Å². The van der Waals surface area contributed by atoms with E-state index in [1.54, 1.807) is 24.3 Å². The maximum atomic E-state index is 13.8. The Morgan fingerprint density at radius 3 is 2.48 bits per heavy atom. The molecule has 0 amide bonds. The lowest BCUT2D eigenvalue weighted by Gasteiger charge is -2.30. The van der Waals surface area contributed by atoms with Crippen molar-refractivity contribution in [2.24, 2.45) is 0 Å². The van der Waals surface area contributed by atoms with Gasteiger partial charge in [-0.05, 0) is 73.9 Å². The van der Waals surface area contributed by atoms with Crippen LogP contribution < -0.4 is 4.90 Å². The van der Waals surface area contributed by atoms with Gasteiger partial charge in [0.2, 0.25) is 0 Å². The zero-order chi connectivity index (χ0) is 20.5. The van der Waals surface area contributed by atoms with Crippen molar-refractivity contribution in [3.63, 3.8) is 0 Å². The van der Waals surface area contributed by atoms with E-state index in [4.69, 9.17) is 4.98 Å².